The zero-order valence-corrected chi connectivity index (χ0v) is 12.4. The van der Waals surface area contributed by atoms with Gasteiger partial charge >= 0.3 is 6.09 Å². The molecule has 2 aromatic rings. The van der Waals surface area contributed by atoms with E-state index in [9.17, 15) is 4.79 Å². The Morgan fingerprint density at radius 2 is 1.86 bits per heavy atom. The van der Waals surface area contributed by atoms with Crippen LogP contribution in [0.15, 0.2) is 42.6 Å². The zero-order valence-electron chi connectivity index (χ0n) is 12.4. The molecule has 112 valence electrons. The van der Waals surface area contributed by atoms with Gasteiger partial charge in [-0.3, -0.25) is 5.32 Å². The molecule has 0 saturated heterocycles. The minimum atomic E-state index is -0.431. The summed E-state index contributed by atoms with van der Waals surface area (Å²) in [6.45, 7) is 6.00. The van der Waals surface area contributed by atoms with E-state index >= 15 is 0 Å². The molecule has 0 aliphatic carbocycles. The standard InChI is InChI=1S/C16H21N3O2/c1-3-19-11-5-6-15(19)12-17-13-7-9-14(10-8-13)18-16(20)21-4-2/h5-11,17H,3-4,12H2,1-2H3,(H,18,20). The first-order chi connectivity index (χ1) is 10.2. The number of hydrogen-bond donors (Lipinski definition) is 2. The number of ether oxygens (including phenoxy) is 1. The molecule has 1 aromatic carbocycles. The molecule has 0 radical (unpaired) electrons. The molecule has 1 aromatic heterocycles. The van der Waals surface area contributed by atoms with Gasteiger partial charge in [-0.1, -0.05) is 0 Å². The molecule has 0 unspecified atom stereocenters. The highest BCUT2D eigenvalue weighted by Gasteiger charge is 2.02. The van der Waals surface area contributed by atoms with Crippen LogP contribution in [0.3, 0.4) is 0 Å². The molecule has 0 aliphatic heterocycles. The fourth-order valence-corrected chi connectivity index (χ4v) is 2.07. The van der Waals surface area contributed by atoms with Crippen LogP contribution in [0, 0.1) is 0 Å². The molecule has 2 rings (SSSR count). The van der Waals surface area contributed by atoms with E-state index in [1.807, 2.05) is 30.3 Å². The smallest absolute Gasteiger partial charge is 0.411 e. The number of nitrogens with one attached hydrogen (secondary N) is 2. The third kappa shape index (κ3) is 4.27. The summed E-state index contributed by atoms with van der Waals surface area (Å²) in [7, 11) is 0. The van der Waals surface area contributed by atoms with Crippen LogP contribution in [0.1, 0.15) is 19.5 Å². The van der Waals surface area contributed by atoms with E-state index in [-0.39, 0.29) is 0 Å². The highest BCUT2D eigenvalue weighted by Crippen LogP contribution is 2.15. The van der Waals surface area contributed by atoms with Gasteiger partial charge in [-0.15, -0.1) is 0 Å². The Balaban J connectivity index is 1.89. The quantitative estimate of drug-likeness (QED) is 0.852. The minimum absolute atomic E-state index is 0.364. The van der Waals surface area contributed by atoms with Gasteiger partial charge in [-0.25, -0.2) is 4.79 Å². The Bertz CT molecular complexity index is 575. The maximum Gasteiger partial charge on any atom is 0.411 e. The number of anilines is 2. The van der Waals surface area contributed by atoms with Crippen molar-refractivity contribution in [2.24, 2.45) is 0 Å². The van der Waals surface area contributed by atoms with Crippen LogP contribution in [-0.4, -0.2) is 17.3 Å². The number of carbonyl (C=O) groups is 1. The van der Waals surface area contributed by atoms with Crippen LogP contribution in [0.4, 0.5) is 16.2 Å². The van der Waals surface area contributed by atoms with Gasteiger partial charge in [0.15, 0.2) is 0 Å². The number of aromatic nitrogens is 1. The van der Waals surface area contributed by atoms with Crippen LogP contribution >= 0.6 is 0 Å². The van der Waals surface area contributed by atoms with Crippen LogP contribution in [0.25, 0.3) is 0 Å². The van der Waals surface area contributed by atoms with Gasteiger partial charge in [0, 0.05) is 29.8 Å². The highest BCUT2D eigenvalue weighted by atomic mass is 16.5. The fourth-order valence-electron chi connectivity index (χ4n) is 2.07. The van der Waals surface area contributed by atoms with E-state index in [1.165, 1.54) is 5.69 Å². The van der Waals surface area contributed by atoms with Gasteiger partial charge in [0.2, 0.25) is 0 Å². The average molecular weight is 287 g/mol. The lowest BCUT2D eigenvalue weighted by molar-refractivity contribution is 0.168. The second-order valence-electron chi connectivity index (χ2n) is 4.56. The van der Waals surface area contributed by atoms with Crippen LogP contribution < -0.4 is 10.6 Å². The maximum atomic E-state index is 11.3. The van der Waals surface area contributed by atoms with E-state index < -0.39 is 6.09 Å². The molecule has 2 N–H and O–H groups in total. The summed E-state index contributed by atoms with van der Waals surface area (Å²) < 4.78 is 7.03. The molecular formula is C16H21N3O2. The summed E-state index contributed by atoms with van der Waals surface area (Å²) in [5.74, 6) is 0. The SMILES string of the molecule is CCOC(=O)Nc1ccc(NCc2cccn2CC)cc1. The van der Waals surface area contributed by atoms with Crippen molar-refractivity contribution in [1.82, 2.24) is 4.57 Å². The predicted molar refractivity (Wildman–Crippen MR) is 84.5 cm³/mol. The average Bonchev–Trinajstić information content (AvgIpc) is 2.94. The fraction of sp³-hybridized carbons (Fsp3) is 0.312. The molecule has 5 nitrogen and oxygen atoms in total. The van der Waals surface area contributed by atoms with Crippen molar-refractivity contribution in [2.45, 2.75) is 26.9 Å². The Morgan fingerprint density at radius 3 is 2.52 bits per heavy atom. The Morgan fingerprint density at radius 1 is 1.14 bits per heavy atom. The normalized spacial score (nSPS) is 10.2. The Labute approximate surface area is 124 Å². The third-order valence-corrected chi connectivity index (χ3v) is 3.14. The molecular weight excluding hydrogens is 266 g/mol. The van der Waals surface area contributed by atoms with E-state index in [2.05, 4.69) is 34.4 Å². The predicted octanol–water partition coefficient (Wildman–Crippen LogP) is 3.69. The first kappa shape index (κ1) is 15.0. The van der Waals surface area contributed by atoms with E-state index in [4.69, 9.17) is 4.74 Å². The van der Waals surface area contributed by atoms with Gasteiger partial charge in [0.05, 0.1) is 13.2 Å². The van der Waals surface area contributed by atoms with Crippen molar-refractivity contribution in [3.05, 3.63) is 48.3 Å². The van der Waals surface area contributed by atoms with Crippen molar-refractivity contribution in [3.8, 4) is 0 Å². The van der Waals surface area contributed by atoms with Gasteiger partial charge < -0.3 is 14.6 Å². The number of nitrogens with zero attached hydrogens (tertiary/aromatic N) is 1. The van der Waals surface area contributed by atoms with E-state index in [1.54, 1.807) is 6.92 Å². The summed E-state index contributed by atoms with van der Waals surface area (Å²) in [4.78, 5) is 11.3. The summed E-state index contributed by atoms with van der Waals surface area (Å²) in [6, 6.07) is 11.7. The number of aryl methyl sites for hydroxylation is 1. The molecule has 0 spiro atoms. The molecule has 0 bridgehead atoms. The second kappa shape index (κ2) is 7.38. The summed E-state index contributed by atoms with van der Waals surface area (Å²) in [5.41, 5.74) is 2.97. The van der Waals surface area contributed by atoms with Crippen molar-refractivity contribution >= 4 is 17.5 Å². The van der Waals surface area contributed by atoms with Crippen molar-refractivity contribution in [1.29, 1.82) is 0 Å². The molecule has 1 heterocycles. The number of rotatable bonds is 6. The first-order valence-corrected chi connectivity index (χ1v) is 7.14. The largest absolute Gasteiger partial charge is 0.450 e. The Hall–Kier alpha value is -2.43. The van der Waals surface area contributed by atoms with Crippen LogP contribution in [-0.2, 0) is 17.8 Å². The lowest BCUT2D eigenvalue weighted by atomic mass is 10.2. The monoisotopic (exact) mass is 287 g/mol. The van der Waals surface area contributed by atoms with Gasteiger partial charge in [-0.2, -0.15) is 0 Å². The molecule has 0 saturated carbocycles. The summed E-state index contributed by atoms with van der Waals surface area (Å²) in [6.07, 6.45) is 1.64. The molecule has 1 amide bonds. The first-order valence-electron chi connectivity index (χ1n) is 7.14. The number of amides is 1. The highest BCUT2D eigenvalue weighted by molar-refractivity contribution is 5.84. The van der Waals surface area contributed by atoms with Crippen molar-refractivity contribution < 1.29 is 9.53 Å². The van der Waals surface area contributed by atoms with Gasteiger partial charge in [-0.05, 0) is 50.2 Å². The number of hydrogen-bond acceptors (Lipinski definition) is 3. The van der Waals surface area contributed by atoms with Crippen LogP contribution in [0.5, 0.6) is 0 Å². The van der Waals surface area contributed by atoms with Gasteiger partial charge in [0.1, 0.15) is 0 Å². The molecule has 0 atom stereocenters. The maximum absolute atomic E-state index is 11.3. The Kier molecular flexibility index (Phi) is 5.26. The van der Waals surface area contributed by atoms with E-state index in [0.29, 0.717) is 6.61 Å². The molecule has 0 aliphatic rings. The minimum Gasteiger partial charge on any atom is -0.450 e. The number of carbonyl (C=O) groups excluding carboxylic acids is 1. The van der Waals surface area contributed by atoms with Crippen LogP contribution in [0.2, 0.25) is 0 Å². The lowest BCUT2D eigenvalue weighted by Crippen LogP contribution is -2.13. The second-order valence-corrected chi connectivity index (χ2v) is 4.56. The topological polar surface area (TPSA) is 55.3 Å². The van der Waals surface area contributed by atoms with Crippen molar-refractivity contribution in [2.75, 3.05) is 17.2 Å². The zero-order chi connectivity index (χ0) is 15.1. The van der Waals surface area contributed by atoms with Crippen molar-refractivity contribution in [3.63, 3.8) is 0 Å². The van der Waals surface area contributed by atoms with E-state index in [0.717, 1.165) is 24.5 Å². The third-order valence-electron chi connectivity index (χ3n) is 3.14. The summed E-state index contributed by atoms with van der Waals surface area (Å²) >= 11 is 0. The molecule has 0 fully saturated rings. The summed E-state index contributed by atoms with van der Waals surface area (Å²) in [5, 5.41) is 6.03. The molecule has 21 heavy (non-hydrogen) atoms. The van der Waals surface area contributed by atoms with Gasteiger partial charge in [0.25, 0.3) is 0 Å². The lowest BCUT2D eigenvalue weighted by Gasteiger charge is -2.10. The molecule has 5 heteroatoms. The number of benzene rings is 1.